The maximum atomic E-state index is 4.50. The van der Waals surface area contributed by atoms with Crippen LogP contribution in [0.2, 0.25) is 0 Å². The summed E-state index contributed by atoms with van der Waals surface area (Å²) in [5.41, 5.74) is 0.910. The summed E-state index contributed by atoms with van der Waals surface area (Å²) in [7, 11) is 0. The normalized spacial score (nSPS) is 24.4. The quantitative estimate of drug-likeness (QED) is 0.727. The van der Waals surface area contributed by atoms with Crippen LogP contribution >= 0.6 is 12.6 Å². The summed E-state index contributed by atoms with van der Waals surface area (Å²) in [5, 5.41) is 0. The molecule has 0 amide bonds. The molecule has 1 nitrogen and oxygen atoms in total. The summed E-state index contributed by atoms with van der Waals surface area (Å²) >= 11 is 4.50. The molecule has 1 saturated heterocycles. The van der Waals surface area contributed by atoms with E-state index in [0.29, 0.717) is 16.7 Å². The molecule has 0 aromatic carbocycles. The van der Waals surface area contributed by atoms with Gasteiger partial charge in [-0.25, -0.2) is 0 Å². The van der Waals surface area contributed by atoms with Crippen molar-refractivity contribution in [2.24, 2.45) is 16.7 Å². The third kappa shape index (κ3) is 3.99. The summed E-state index contributed by atoms with van der Waals surface area (Å²) in [4.78, 5) is 2.62. The van der Waals surface area contributed by atoms with E-state index in [1.807, 2.05) is 0 Å². The van der Waals surface area contributed by atoms with Crippen LogP contribution in [0.15, 0.2) is 0 Å². The molecular weight excluding hydrogens is 202 g/mol. The Morgan fingerprint density at radius 1 is 1.33 bits per heavy atom. The third-order valence-corrected chi connectivity index (χ3v) is 4.12. The Morgan fingerprint density at radius 3 is 2.27 bits per heavy atom. The highest BCUT2D eigenvalue weighted by Gasteiger charge is 2.32. The minimum Gasteiger partial charge on any atom is -0.302 e. The van der Waals surface area contributed by atoms with Gasteiger partial charge < -0.3 is 4.90 Å². The van der Waals surface area contributed by atoms with Crippen molar-refractivity contribution in [2.75, 3.05) is 25.4 Å². The topological polar surface area (TPSA) is 3.24 Å². The molecular formula is C13H27NS. The van der Waals surface area contributed by atoms with Crippen molar-refractivity contribution in [3.05, 3.63) is 0 Å². The van der Waals surface area contributed by atoms with Gasteiger partial charge in [0.15, 0.2) is 0 Å². The van der Waals surface area contributed by atoms with E-state index >= 15 is 0 Å². The van der Waals surface area contributed by atoms with Crippen molar-refractivity contribution in [3.8, 4) is 0 Å². The van der Waals surface area contributed by atoms with E-state index in [1.54, 1.807) is 0 Å². The largest absolute Gasteiger partial charge is 0.302 e. The number of likely N-dealkylation sites (tertiary alicyclic amines) is 1. The van der Waals surface area contributed by atoms with E-state index in [4.69, 9.17) is 0 Å². The Bertz CT molecular complexity index is 205. The maximum absolute atomic E-state index is 4.50. The van der Waals surface area contributed by atoms with Gasteiger partial charge in [0.05, 0.1) is 0 Å². The smallest absolute Gasteiger partial charge is 0.00333 e. The predicted octanol–water partition coefficient (Wildman–Crippen LogP) is 3.31. The van der Waals surface area contributed by atoms with E-state index in [2.05, 4.69) is 52.1 Å². The fourth-order valence-corrected chi connectivity index (χ4v) is 2.96. The van der Waals surface area contributed by atoms with Gasteiger partial charge in [0.25, 0.3) is 0 Å². The van der Waals surface area contributed by atoms with Crippen molar-refractivity contribution in [2.45, 2.75) is 41.0 Å². The standard InChI is InChI=1S/C13H27NS/c1-12(2,3)11(9-15)8-14-7-6-13(4,5)10-14/h11,15H,6-10H2,1-5H3. The molecule has 1 fully saturated rings. The minimum absolute atomic E-state index is 0.383. The van der Waals surface area contributed by atoms with Crippen LogP contribution in [0, 0.1) is 16.7 Å². The molecule has 0 N–H and O–H groups in total. The molecule has 1 rings (SSSR count). The molecule has 90 valence electrons. The summed E-state index contributed by atoms with van der Waals surface area (Å²) in [6.07, 6.45) is 1.34. The Balaban J connectivity index is 2.48. The SMILES string of the molecule is CC1(C)CCN(CC(CS)C(C)(C)C)C1. The predicted molar refractivity (Wildman–Crippen MR) is 71.6 cm³/mol. The number of nitrogens with zero attached hydrogens (tertiary/aromatic N) is 1. The third-order valence-electron chi connectivity index (χ3n) is 3.68. The summed E-state index contributed by atoms with van der Waals surface area (Å²) in [5.74, 6) is 1.70. The molecule has 0 aromatic rings. The summed E-state index contributed by atoms with van der Waals surface area (Å²) < 4.78 is 0. The van der Waals surface area contributed by atoms with Gasteiger partial charge in [-0.2, -0.15) is 12.6 Å². The average molecular weight is 229 g/mol. The van der Waals surface area contributed by atoms with E-state index in [9.17, 15) is 0 Å². The van der Waals surface area contributed by atoms with Crippen LogP contribution in [0.4, 0.5) is 0 Å². The van der Waals surface area contributed by atoms with Gasteiger partial charge in [-0.3, -0.25) is 0 Å². The number of hydrogen-bond acceptors (Lipinski definition) is 2. The molecule has 0 aromatic heterocycles. The Kier molecular flexibility index (Phi) is 4.16. The first-order valence-electron chi connectivity index (χ1n) is 6.08. The van der Waals surface area contributed by atoms with Gasteiger partial charge in [-0.05, 0) is 35.5 Å². The Hall–Kier alpha value is 0.310. The molecule has 0 radical (unpaired) electrons. The van der Waals surface area contributed by atoms with Gasteiger partial charge in [0.1, 0.15) is 0 Å². The van der Waals surface area contributed by atoms with E-state index in [-0.39, 0.29) is 0 Å². The second kappa shape index (κ2) is 4.67. The van der Waals surface area contributed by atoms with Crippen molar-refractivity contribution in [3.63, 3.8) is 0 Å². The maximum Gasteiger partial charge on any atom is 0.00333 e. The number of hydrogen-bond donors (Lipinski definition) is 1. The molecule has 2 heteroatoms. The fraction of sp³-hybridized carbons (Fsp3) is 1.00. The van der Waals surface area contributed by atoms with Crippen LogP contribution in [0.1, 0.15) is 41.0 Å². The molecule has 1 aliphatic heterocycles. The molecule has 0 spiro atoms. The highest BCUT2D eigenvalue weighted by molar-refractivity contribution is 7.80. The molecule has 1 unspecified atom stereocenters. The summed E-state index contributed by atoms with van der Waals surface area (Å²) in [6, 6.07) is 0. The van der Waals surface area contributed by atoms with E-state index < -0.39 is 0 Å². The first kappa shape index (κ1) is 13.4. The monoisotopic (exact) mass is 229 g/mol. The van der Waals surface area contributed by atoms with Gasteiger partial charge >= 0.3 is 0 Å². The minimum atomic E-state index is 0.383. The van der Waals surface area contributed by atoms with Crippen LogP contribution in [0.5, 0.6) is 0 Å². The van der Waals surface area contributed by atoms with Crippen LogP contribution in [-0.4, -0.2) is 30.3 Å². The lowest BCUT2D eigenvalue weighted by atomic mass is 9.81. The number of rotatable bonds is 3. The zero-order valence-corrected chi connectivity index (χ0v) is 11.9. The van der Waals surface area contributed by atoms with Crippen molar-refractivity contribution in [1.82, 2.24) is 4.90 Å². The Morgan fingerprint density at radius 2 is 1.93 bits per heavy atom. The lowest BCUT2D eigenvalue weighted by Gasteiger charge is -2.33. The zero-order valence-electron chi connectivity index (χ0n) is 11.0. The van der Waals surface area contributed by atoms with E-state index in [1.165, 1.54) is 26.1 Å². The van der Waals surface area contributed by atoms with Crippen molar-refractivity contribution < 1.29 is 0 Å². The first-order chi connectivity index (χ1) is 6.74. The molecule has 1 heterocycles. The first-order valence-corrected chi connectivity index (χ1v) is 6.71. The second-order valence-electron chi connectivity index (χ2n) is 6.89. The fourth-order valence-electron chi connectivity index (χ4n) is 2.30. The Labute approximate surface area is 101 Å². The van der Waals surface area contributed by atoms with Crippen molar-refractivity contribution >= 4 is 12.6 Å². The van der Waals surface area contributed by atoms with Gasteiger partial charge in [0.2, 0.25) is 0 Å². The molecule has 0 saturated carbocycles. The zero-order chi connectivity index (χ0) is 11.7. The van der Waals surface area contributed by atoms with Crippen molar-refractivity contribution in [1.29, 1.82) is 0 Å². The van der Waals surface area contributed by atoms with Crippen LogP contribution < -0.4 is 0 Å². The second-order valence-corrected chi connectivity index (χ2v) is 7.26. The van der Waals surface area contributed by atoms with Crippen LogP contribution in [0.3, 0.4) is 0 Å². The molecule has 1 atom stereocenters. The average Bonchev–Trinajstić information content (AvgIpc) is 2.39. The highest BCUT2D eigenvalue weighted by Crippen LogP contribution is 2.33. The lowest BCUT2D eigenvalue weighted by molar-refractivity contribution is 0.176. The summed E-state index contributed by atoms with van der Waals surface area (Å²) in [6.45, 7) is 15.5. The van der Waals surface area contributed by atoms with E-state index in [0.717, 1.165) is 5.75 Å². The van der Waals surface area contributed by atoms with Gasteiger partial charge in [-0.15, -0.1) is 0 Å². The van der Waals surface area contributed by atoms with Crippen LogP contribution in [-0.2, 0) is 0 Å². The number of thiol groups is 1. The lowest BCUT2D eigenvalue weighted by Crippen LogP contribution is -2.36. The van der Waals surface area contributed by atoms with Gasteiger partial charge in [-0.1, -0.05) is 34.6 Å². The molecule has 15 heavy (non-hydrogen) atoms. The molecule has 0 bridgehead atoms. The molecule has 1 aliphatic rings. The van der Waals surface area contributed by atoms with Gasteiger partial charge in [0, 0.05) is 13.1 Å². The highest BCUT2D eigenvalue weighted by atomic mass is 32.1. The molecule has 0 aliphatic carbocycles. The van der Waals surface area contributed by atoms with Crippen LogP contribution in [0.25, 0.3) is 0 Å².